The number of hydrogen-bond donors (Lipinski definition) is 1. The van der Waals surface area contributed by atoms with Crippen molar-refractivity contribution in [2.75, 3.05) is 13.1 Å². The molecule has 1 aliphatic rings. The van der Waals surface area contributed by atoms with Crippen molar-refractivity contribution >= 4 is 5.91 Å². The molecule has 0 saturated carbocycles. The average molecular weight is 336 g/mol. The summed E-state index contributed by atoms with van der Waals surface area (Å²) < 4.78 is 1.97. The first-order valence-corrected chi connectivity index (χ1v) is 8.52. The zero-order valence-corrected chi connectivity index (χ0v) is 13.9. The number of aromatic amines is 1. The molecule has 0 radical (unpaired) electrons. The van der Waals surface area contributed by atoms with Crippen molar-refractivity contribution in [3.63, 3.8) is 0 Å². The molecule has 1 aliphatic heterocycles. The van der Waals surface area contributed by atoms with Gasteiger partial charge in [-0.05, 0) is 43.0 Å². The van der Waals surface area contributed by atoms with E-state index in [1.54, 1.807) is 18.6 Å². The molecule has 7 heteroatoms. The standard InChI is InChI=1S/C18H20N6O/c25-18(15-2-3-16(19-12-15)17-4-8-20-22-17)23-10-5-14(6-11-23)13-24-9-1-7-21-24/h1-4,7-9,12,14H,5-6,10-11,13H2,(H,20,22). The predicted molar refractivity (Wildman–Crippen MR) is 92.7 cm³/mol. The minimum Gasteiger partial charge on any atom is -0.339 e. The quantitative estimate of drug-likeness (QED) is 0.792. The van der Waals surface area contributed by atoms with Gasteiger partial charge in [-0.15, -0.1) is 0 Å². The Hall–Kier alpha value is -2.96. The normalized spacial score (nSPS) is 15.4. The molecular formula is C18H20N6O. The molecule has 128 valence electrons. The summed E-state index contributed by atoms with van der Waals surface area (Å²) in [4.78, 5) is 19.0. The van der Waals surface area contributed by atoms with Crippen LogP contribution in [-0.4, -0.2) is 48.9 Å². The number of amides is 1. The molecule has 0 aliphatic carbocycles. The van der Waals surface area contributed by atoms with Crippen LogP contribution in [0.5, 0.6) is 0 Å². The van der Waals surface area contributed by atoms with Crippen molar-refractivity contribution < 1.29 is 4.79 Å². The van der Waals surface area contributed by atoms with Crippen LogP contribution in [0.25, 0.3) is 11.4 Å². The number of rotatable bonds is 4. The SMILES string of the molecule is O=C(c1ccc(-c2ccn[nH]2)nc1)N1CCC(Cn2cccn2)CC1. The van der Waals surface area contributed by atoms with E-state index in [0.29, 0.717) is 11.5 Å². The third kappa shape index (κ3) is 3.45. The topological polar surface area (TPSA) is 79.7 Å². The summed E-state index contributed by atoms with van der Waals surface area (Å²) in [6.07, 6.45) is 9.14. The third-order valence-corrected chi connectivity index (χ3v) is 4.69. The van der Waals surface area contributed by atoms with Gasteiger partial charge in [0.25, 0.3) is 5.91 Å². The largest absolute Gasteiger partial charge is 0.339 e. The second-order valence-electron chi connectivity index (χ2n) is 6.37. The lowest BCUT2D eigenvalue weighted by atomic mass is 9.96. The van der Waals surface area contributed by atoms with Crippen LogP contribution in [0, 0.1) is 5.92 Å². The maximum atomic E-state index is 12.7. The van der Waals surface area contributed by atoms with E-state index in [0.717, 1.165) is 43.9 Å². The minimum absolute atomic E-state index is 0.0567. The second kappa shape index (κ2) is 6.88. The number of nitrogens with zero attached hydrogens (tertiary/aromatic N) is 5. The van der Waals surface area contributed by atoms with Crippen LogP contribution in [0.15, 0.2) is 49.1 Å². The minimum atomic E-state index is 0.0567. The number of pyridine rings is 1. The van der Waals surface area contributed by atoms with Gasteiger partial charge in [0.1, 0.15) is 0 Å². The Kier molecular flexibility index (Phi) is 4.28. The molecule has 3 aromatic rings. The van der Waals surface area contributed by atoms with Crippen LogP contribution in [-0.2, 0) is 6.54 Å². The molecule has 1 N–H and O–H groups in total. The second-order valence-corrected chi connectivity index (χ2v) is 6.37. The van der Waals surface area contributed by atoms with Crippen molar-refractivity contribution in [2.45, 2.75) is 19.4 Å². The van der Waals surface area contributed by atoms with Gasteiger partial charge in [0, 0.05) is 44.4 Å². The molecular weight excluding hydrogens is 316 g/mol. The molecule has 3 aromatic heterocycles. The lowest BCUT2D eigenvalue weighted by Crippen LogP contribution is -2.39. The lowest BCUT2D eigenvalue weighted by molar-refractivity contribution is 0.0681. The molecule has 0 bridgehead atoms. The monoisotopic (exact) mass is 336 g/mol. The van der Waals surface area contributed by atoms with Gasteiger partial charge in [-0.25, -0.2) is 0 Å². The number of likely N-dealkylation sites (tertiary alicyclic amines) is 1. The van der Waals surface area contributed by atoms with Crippen molar-refractivity contribution in [3.05, 3.63) is 54.6 Å². The van der Waals surface area contributed by atoms with E-state index in [-0.39, 0.29) is 5.91 Å². The van der Waals surface area contributed by atoms with Gasteiger partial charge in [-0.2, -0.15) is 10.2 Å². The van der Waals surface area contributed by atoms with Crippen LogP contribution in [0.1, 0.15) is 23.2 Å². The van der Waals surface area contributed by atoms with E-state index >= 15 is 0 Å². The van der Waals surface area contributed by atoms with Crippen molar-refractivity contribution in [2.24, 2.45) is 5.92 Å². The summed E-state index contributed by atoms with van der Waals surface area (Å²) in [6.45, 7) is 2.50. The summed E-state index contributed by atoms with van der Waals surface area (Å²) in [5, 5.41) is 11.1. The van der Waals surface area contributed by atoms with Crippen LogP contribution in [0.4, 0.5) is 0 Å². The van der Waals surface area contributed by atoms with Gasteiger partial charge < -0.3 is 4.90 Å². The molecule has 1 saturated heterocycles. The summed E-state index contributed by atoms with van der Waals surface area (Å²) in [5.41, 5.74) is 2.26. The highest BCUT2D eigenvalue weighted by Gasteiger charge is 2.24. The van der Waals surface area contributed by atoms with Crippen LogP contribution in [0.2, 0.25) is 0 Å². The Bertz CT molecular complexity index is 802. The first-order chi connectivity index (χ1) is 12.3. The Morgan fingerprint density at radius 2 is 2.08 bits per heavy atom. The van der Waals surface area contributed by atoms with Crippen molar-refractivity contribution in [1.82, 2.24) is 29.9 Å². The maximum Gasteiger partial charge on any atom is 0.255 e. The number of H-pyrrole nitrogens is 1. The number of hydrogen-bond acceptors (Lipinski definition) is 4. The fraction of sp³-hybridized carbons (Fsp3) is 0.333. The maximum absolute atomic E-state index is 12.7. The molecule has 25 heavy (non-hydrogen) atoms. The van der Waals surface area contributed by atoms with Gasteiger partial charge in [0.15, 0.2) is 0 Å². The van der Waals surface area contributed by atoms with Crippen molar-refractivity contribution in [1.29, 1.82) is 0 Å². The van der Waals surface area contributed by atoms with E-state index in [1.165, 1.54) is 0 Å². The molecule has 0 unspecified atom stereocenters. The van der Waals surface area contributed by atoms with Gasteiger partial charge in [-0.3, -0.25) is 19.6 Å². The summed E-state index contributed by atoms with van der Waals surface area (Å²) in [6, 6.07) is 7.49. The van der Waals surface area contributed by atoms with Crippen molar-refractivity contribution in [3.8, 4) is 11.4 Å². The van der Waals surface area contributed by atoms with Gasteiger partial charge in [0.2, 0.25) is 0 Å². The van der Waals surface area contributed by atoms with Crippen LogP contribution < -0.4 is 0 Å². The van der Waals surface area contributed by atoms with E-state index in [9.17, 15) is 4.79 Å². The highest BCUT2D eigenvalue weighted by molar-refractivity contribution is 5.94. The summed E-state index contributed by atoms with van der Waals surface area (Å²) >= 11 is 0. The molecule has 1 amide bonds. The fourth-order valence-electron chi connectivity index (χ4n) is 3.25. The number of piperidine rings is 1. The number of aromatic nitrogens is 5. The van der Waals surface area contributed by atoms with Gasteiger partial charge in [-0.1, -0.05) is 0 Å². The molecule has 7 nitrogen and oxygen atoms in total. The average Bonchev–Trinajstić information content (AvgIpc) is 3.36. The molecule has 0 spiro atoms. The Morgan fingerprint density at radius 3 is 2.72 bits per heavy atom. The Morgan fingerprint density at radius 1 is 1.20 bits per heavy atom. The number of carbonyl (C=O) groups is 1. The molecule has 4 heterocycles. The van der Waals surface area contributed by atoms with Crippen LogP contribution in [0.3, 0.4) is 0 Å². The molecule has 0 aromatic carbocycles. The fourth-order valence-corrected chi connectivity index (χ4v) is 3.25. The zero-order valence-electron chi connectivity index (χ0n) is 13.9. The molecule has 1 fully saturated rings. The summed E-state index contributed by atoms with van der Waals surface area (Å²) in [5.74, 6) is 0.631. The number of nitrogens with one attached hydrogen (secondary N) is 1. The third-order valence-electron chi connectivity index (χ3n) is 4.69. The van der Waals surface area contributed by atoms with E-state index in [2.05, 4.69) is 20.3 Å². The first-order valence-electron chi connectivity index (χ1n) is 8.52. The highest BCUT2D eigenvalue weighted by atomic mass is 16.2. The Balaban J connectivity index is 1.35. The number of carbonyl (C=O) groups excluding carboxylic acids is 1. The smallest absolute Gasteiger partial charge is 0.255 e. The van der Waals surface area contributed by atoms with E-state index in [1.807, 2.05) is 40.0 Å². The zero-order chi connectivity index (χ0) is 17.1. The van der Waals surface area contributed by atoms with Crippen LogP contribution >= 0.6 is 0 Å². The Labute approximate surface area is 145 Å². The first kappa shape index (κ1) is 15.6. The molecule has 0 atom stereocenters. The predicted octanol–water partition coefficient (Wildman–Crippen LogP) is 2.22. The molecule has 4 rings (SSSR count). The van der Waals surface area contributed by atoms with E-state index < -0.39 is 0 Å². The van der Waals surface area contributed by atoms with Gasteiger partial charge in [0.05, 0.1) is 17.0 Å². The van der Waals surface area contributed by atoms with E-state index in [4.69, 9.17) is 0 Å². The summed E-state index contributed by atoms with van der Waals surface area (Å²) in [7, 11) is 0. The highest BCUT2D eigenvalue weighted by Crippen LogP contribution is 2.21. The van der Waals surface area contributed by atoms with Gasteiger partial charge >= 0.3 is 0 Å². The lowest BCUT2D eigenvalue weighted by Gasteiger charge is -2.32.